The molecule has 0 fully saturated rings. The van der Waals surface area contributed by atoms with E-state index in [1.807, 2.05) is 18.2 Å². The molecule has 0 amide bonds. The smallest absolute Gasteiger partial charge is 0.218 e. The predicted octanol–water partition coefficient (Wildman–Crippen LogP) is -1.67. The third-order valence-corrected chi connectivity index (χ3v) is 6.75. The molecule has 12 N–H and O–H groups in total. The van der Waals surface area contributed by atoms with Crippen molar-refractivity contribution >= 4 is 7.51 Å². The fourth-order valence-electron chi connectivity index (χ4n) is 2.28. The number of nitrogens with zero attached hydrogens (tertiary/aromatic N) is 4. The van der Waals surface area contributed by atoms with E-state index in [1.54, 1.807) is 49.7 Å². The zero-order chi connectivity index (χ0) is 18.8. The first-order valence-corrected chi connectivity index (χ1v) is 8.67. The Hall–Kier alpha value is -1.11. The van der Waals surface area contributed by atoms with E-state index < -0.39 is 19.3 Å². The molecule has 0 aliphatic rings. The summed E-state index contributed by atoms with van der Waals surface area (Å²) in [6, 6.07) is 8.97. The van der Waals surface area contributed by atoms with Gasteiger partial charge in [-0.1, -0.05) is 23.1 Å². The largest absolute Gasteiger partial charge is 0.355 e. The van der Waals surface area contributed by atoms with Crippen molar-refractivity contribution in [3.05, 3.63) is 30.3 Å². The van der Waals surface area contributed by atoms with Gasteiger partial charge in [-0.15, -0.1) is 0 Å². The molecule has 0 saturated heterocycles. The van der Waals surface area contributed by atoms with Crippen molar-refractivity contribution < 1.29 is 4.84 Å². The molecule has 0 radical (unpaired) electrons. The van der Waals surface area contributed by atoms with Gasteiger partial charge in [0.2, 0.25) is 7.51 Å². The third-order valence-electron chi connectivity index (χ3n) is 3.07. The average molecular weight is 360 g/mol. The Balaban J connectivity index is 3.59. The third kappa shape index (κ3) is 4.49. The Morgan fingerprint density at radius 2 is 1.25 bits per heavy atom. The highest BCUT2D eigenvalue weighted by atomic mass is 31.2. The van der Waals surface area contributed by atoms with Gasteiger partial charge in [0.15, 0.2) is 17.6 Å². The minimum Gasteiger partial charge on any atom is -0.355 e. The van der Waals surface area contributed by atoms with Crippen LogP contribution in [0, 0.1) is 0 Å². The van der Waals surface area contributed by atoms with Crippen LogP contribution < -0.4 is 39.2 Å². The summed E-state index contributed by atoms with van der Waals surface area (Å²) in [7, 11) is 3.98. The molecule has 0 aliphatic heterocycles. The SMILES string of the molecule is CN(C)P(=NOc1ccccc1)(N(C)C)N(C(N)(N)N)C(N)(N)N. The maximum Gasteiger partial charge on any atom is 0.218 e. The molecule has 11 nitrogen and oxygen atoms in total. The minimum atomic E-state index is -3.01. The van der Waals surface area contributed by atoms with Gasteiger partial charge in [-0.05, 0) is 40.3 Å². The van der Waals surface area contributed by atoms with Gasteiger partial charge < -0.3 is 4.84 Å². The van der Waals surface area contributed by atoms with Crippen molar-refractivity contribution in [1.29, 1.82) is 0 Å². The van der Waals surface area contributed by atoms with Crippen LogP contribution in [0.1, 0.15) is 0 Å². The molecule has 0 aromatic heterocycles. The van der Waals surface area contributed by atoms with Gasteiger partial charge in [0.25, 0.3) is 0 Å². The van der Waals surface area contributed by atoms with E-state index in [0.717, 1.165) is 4.67 Å². The maximum atomic E-state index is 5.90. The second-order valence-corrected chi connectivity index (χ2v) is 9.04. The molecule has 1 aromatic rings. The Labute approximate surface area is 142 Å². The number of hydrogen-bond acceptors (Lipinski definition) is 8. The highest BCUT2D eigenvalue weighted by Crippen LogP contribution is 2.58. The van der Waals surface area contributed by atoms with E-state index >= 15 is 0 Å². The van der Waals surface area contributed by atoms with Crippen LogP contribution in [0.3, 0.4) is 0 Å². The summed E-state index contributed by atoms with van der Waals surface area (Å²) in [5, 5.41) is 0. The lowest BCUT2D eigenvalue weighted by molar-refractivity contribution is 0.0710. The Morgan fingerprint density at radius 1 is 0.833 bits per heavy atom. The Kier molecular flexibility index (Phi) is 6.47. The second-order valence-electron chi connectivity index (χ2n) is 5.80. The van der Waals surface area contributed by atoms with Crippen molar-refractivity contribution in [2.75, 3.05) is 28.2 Å². The van der Waals surface area contributed by atoms with Gasteiger partial charge in [0.1, 0.15) is 0 Å². The maximum absolute atomic E-state index is 5.90. The molecule has 0 atom stereocenters. The van der Waals surface area contributed by atoms with Crippen LogP contribution in [0.4, 0.5) is 0 Å². The molecule has 0 bridgehead atoms. The molecular formula is C12H29N10OP. The van der Waals surface area contributed by atoms with Gasteiger partial charge in [-0.3, -0.25) is 34.4 Å². The number of hydrogen-bond donors (Lipinski definition) is 6. The number of benzene rings is 1. The van der Waals surface area contributed by atoms with Crippen molar-refractivity contribution in [3.63, 3.8) is 0 Å². The van der Waals surface area contributed by atoms with E-state index in [0.29, 0.717) is 5.75 Å². The molecule has 1 aromatic carbocycles. The van der Waals surface area contributed by atoms with Crippen LogP contribution in [0.15, 0.2) is 35.2 Å². The second kappa shape index (κ2) is 7.42. The van der Waals surface area contributed by atoms with Crippen LogP contribution >= 0.6 is 7.51 Å². The molecule has 0 unspecified atom stereocenters. The summed E-state index contributed by atoms with van der Waals surface area (Å²) in [6.45, 7) is 0. The fraction of sp³-hybridized carbons (Fsp3) is 0.500. The van der Waals surface area contributed by atoms with E-state index in [1.165, 1.54) is 0 Å². The normalized spacial score (nSPS) is 13.7. The lowest BCUT2D eigenvalue weighted by atomic mass is 10.3. The highest BCUT2D eigenvalue weighted by Gasteiger charge is 2.50. The molecule has 138 valence electrons. The van der Waals surface area contributed by atoms with Crippen molar-refractivity contribution in [2.45, 2.75) is 11.8 Å². The molecule has 0 aliphatic carbocycles. The lowest BCUT2D eigenvalue weighted by Gasteiger charge is -2.52. The Bertz CT molecular complexity index is 552. The molecule has 0 saturated carbocycles. The molecule has 12 heteroatoms. The van der Waals surface area contributed by atoms with Crippen molar-refractivity contribution in [3.8, 4) is 5.75 Å². The topological polar surface area (TPSA) is 187 Å². The summed E-state index contributed by atoms with van der Waals surface area (Å²) in [5.74, 6) is -3.40. The van der Waals surface area contributed by atoms with Gasteiger partial charge >= 0.3 is 0 Å². The molecular weight excluding hydrogens is 331 g/mol. The van der Waals surface area contributed by atoms with Crippen LogP contribution in [0.2, 0.25) is 0 Å². The van der Waals surface area contributed by atoms with Gasteiger partial charge in [0.05, 0.1) is 0 Å². The lowest BCUT2D eigenvalue weighted by Crippen LogP contribution is -2.82. The minimum absolute atomic E-state index is 0.513. The van der Waals surface area contributed by atoms with E-state index in [4.69, 9.17) is 39.2 Å². The zero-order valence-corrected chi connectivity index (χ0v) is 15.4. The highest BCUT2D eigenvalue weighted by molar-refractivity contribution is 7.59. The van der Waals surface area contributed by atoms with Gasteiger partial charge in [-0.2, -0.15) is 4.67 Å². The van der Waals surface area contributed by atoms with Gasteiger partial charge in [-0.25, -0.2) is 9.34 Å². The van der Waals surface area contributed by atoms with Crippen LogP contribution in [0.25, 0.3) is 0 Å². The number of nitrogens with two attached hydrogens (primary N) is 6. The first-order chi connectivity index (χ1) is 10.8. The quantitative estimate of drug-likeness (QED) is 0.186. The summed E-state index contributed by atoms with van der Waals surface area (Å²) in [4.78, 5) is 9.95. The molecule has 1 rings (SSSR count). The summed E-state index contributed by atoms with van der Waals surface area (Å²) in [6.07, 6.45) is 0. The number of rotatable bonds is 7. The van der Waals surface area contributed by atoms with Crippen molar-refractivity contribution in [2.24, 2.45) is 39.3 Å². The van der Waals surface area contributed by atoms with Gasteiger partial charge in [0, 0.05) is 0 Å². The summed E-state index contributed by atoms with van der Waals surface area (Å²) >= 11 is 0. The van der Waals surface area contributed by atoms with Crippen LogP contribution in [-0.4, -0.2) is 54.0 Å². The molecule has 0 heterocycles. The Morgan fingerprint density at radius 3 is 1.58 bits per heavy atom. The first kappa shape index (κ1) is 20.9. The predicted molar refractivity (Wildman–Crippen MR) is 96.2 cm³/mol. The van der Waals surface area contributed by atoms with E-state index in [-0.39, 0.29) is 0 Å². The monoisotopic (exact) mass is 360 g/mol. The summed E-state index contributed by atoms with van der Waals surface area (Å²) in [5.41, 5.74) is 35.4. The molecule has 24 heavy (non-hydrogen) atoms. The van der Waals surface area contributed by atoms with Crippen LogP contribution in [0.5, 0.6) is 5.75 Å². The van der Waals surface area contributed by atoms with Crippen molar-refractivity contribution in [1.82, 2.24) is 14.0 Å². The number of para-hydroxylation sites is 1. The van der Waals surface area contributed by atoms with Crippen LogP contribution in [-0.2, 0) is 0 Å². The molecule has 0 spiro atoms. The first-order valence-electron chi connectivity index (χ1n) is 7.07. The van der Waals surface area contributed by atoms with E-state index in [2.05, 4.69) is 4.91 Å². The summed E-state index contributed by atoms with van der Waals surface area (Å²) < 4.78 is 4.59. The average Bonchev–Trinajstić information content (AvgIpc) is 2.40. The fourth-order valence-corrected chi connectivity index (χ4v) is 5.21. The van der Waals surface area contributed by atoms with E-state index in [9.17, 15) is 0 Å². The zero-order valence-electron chi connectivity index (χ0n) is 14.5. The standard InChI is InChI=1S/C12H29N10OP/c1-20(2)24(21(3)4,19-23-10-8-6-5-7-9-10)22(11(13,14)15)12(16,17)18/h5-9H,13-18H2,1-4H3.